The van der Waals surface area contributed by atoms with Gasteiger partial charge in [0.1, 0.15) is 0 Å². The van der Waals surface area contributed by atoms with E-state index in [0.29, 0.717) is 24.6 Å². The Hall–Kier alpha value is -2.08. The number of aliphatic imine (C=N–C) groups is 1. The van der Waals surface area contributed by atoms with Crippen LogP contribution in [0.5, 0.6) is 0 Å². The quantitative estimate of drug-likeness (QED) is 0.378. The third kappa shape index (κ3) is 9.22. The molecule has 0 saturated heterocycles. The topological polar surface area (TPSA) is 74.8 Å². The van der Waals surface area contributed by atoms with Crippen molar-refractivity contribution in [1.29, 1.82) is 0 Å². The summed E-state index contributed by atoms with van der Waals surface area (Å²) in [7, 11) is 0. The molecular formula is C22H38N4O2. The van der Waals surface area contributed by atoms with Crippen molar-refractivity contribution in [3.63, 3.8) is 0 Å². The lowest BCUT2D eigenvalue weighted by atomic mass is 10.0. The third-order valence-corrected chi connectivity index (χ3v) is 4.33. The molecule has 0 aromatic heterocycles. The van der Waals surface area contributed by atoms with E-state index in [2.05, 4.69) is 34.8 Å². The number of hydrogen-bond acceptors (Lipinski definition) is 3. The van der Waals surface area contributed by atoms with Crippen molar-refractivity contribution < 1.29 is 9.53 Å². The maximum Gasteiger partial charge on any atom is 0.251 e. The first kappa shape index (κ1) is 24.0. The van der Waals surface area contributed by atoms with Gasteiger partial charge in [-0.25, -0.2) is 4.99 Å². The molecule has 0 radical (unpaired) electrons. The number of amides is 1. The molecule has 1 rings (SSSR count). The molecule has 0 fully saturated rings. The van der Waals surface area contributed by atoms with Crippen LogP contribution >= 0.6 is 0 Å². The average Bonchev–Trinajstić information content (AvgIpc) is 2.69. The molecule has 6 heteroatoms. The molecule has 3 N–H and O–H groups in total. The van der Waals surface area contributed by atoms with Crippen molar-refractivity contribution in [2.24, 2.45) is 10.9 Å². The highest BCUT2D eigenvalue weighted by Crippen LogP contribution is 2.10. The van der Waals surface area contributed by atoms with Gasteiger partial charge >= 0.3 is 0 Å². The van der Waals surface area contributed by atoms with Crippen LogP contribution in [0.2, 0.25) is 0 Å². The van der Waals surface area contributed by atoms with E-state index in [1.165, 1.54) is 0 Å². The van der Waals surface area contributed by atoms with Gasteiger partial charge in [-0.1, -0.05) is 32.9 Å². The van der Waals surface area contributed by atoms with Gasteiger partial charge in [-0.3, -0.25) is 4.79 Å². The molecule has 158 valence electrons. The van der Waals surface area contributed by atoms with Gasteiger partial charge in [0.05, 0.1) is 12.6 Å². The smallest absolute Gasteiger partial charge is 0.251 e. The molecule has 0 spiro atoms. The monoisotopic (exact) mass is 390 g/mol. The number of carbonyl (C=O) groups is 1. The SMILES string of the molecule is CCCNC(=O)c1cccc(CN=C(NCC)NCCC(OCC)C(C)C)c1. The van der Waals surface area contributed by atoms with Gasteiger partial charge in [0.2, 0.25) is 0 Å². The molecule has 0 aliphatic heterocycles. The summed E-state index contributed by atoms with van der Waals surface area (Å²) in [5.74, 6) is 1.23. The molecule has 1 atom stereocenters. The summed E-state index contributed by atoms with van der Waals surface area (Å²) >= 11 is 0. The van der Waals surface area contributed by atoms with Crippen LogP contribution in [0.3, 0.4) is 0 Å². The molecule has 28 heavy (non-hydrogen) atoms. The fraction of sp³-hybridized carbons (Fsp3) is 0.636. The summed E-state index contributed by atoms with van der Waals surface area (Å²) in [6.07, 6.45) is 2.11. The van der Waals surface area contributed by atoms with Crippen molar-refractivity contribution in [1.82, 2.24) is 16.0 Å². The van der Waals surface area contributed by atoms with Crippen LogP contribution in [-0.2, 0) is 11.3 Å². The van der Waals surface area contributed by atoms with Crippen LogP contribution in [-0.4, -0.2) is 44.2 Å². The van der Waals surface area contributed by atoms with E-state index >= 15 is 0 Å². The minimum absolute atomic E-state index is 0.0339. The van der Waals surface area contributed by atoms with Crippen LogP contribution < -0.4 is 16.0 Å². The maximum atomic E-state index is 12.1. The third-order valence-electron chi connectivity index (χ3n) is 4.33. The van der Waals surface area contributed by atoms with Crippen molar-refractivity contribution >= 4 is 11.9 Å². The van der Waals surface area contributed by atoms with E-state index in [1.807, 2.05) is 45.0 Å². The summed E-state index contributed by atoms with van der Waals surface area (Å²) in [6, 6.07) is 7.64. The van der Waals surface area contributed by atoms with Gasteiger partial charge in [-0.15, -0.1) is 0 Å². The van der Waals surface area contributed by atoms with Crippen molar-refractivity contribution in [2.75, 3.05) is 26.2 Å². The Kier molecular flexibility index (Phi) is 12.0. The van der Waals surface area contributed by atoms with Gasteiger partial charge < -0.3 is 20.7 Å². The summed E-state index contributed by atoms with van der Waals surface area (Å²) in [5.41, 5.74) is 1.69. The lowest BCUT2D eigenvalue weighted by molar-refractivity contribution is 0.0258. The normalized spacial score (nSPS) is 12.7. The number of rotatable bonds is 12. The zero-order valence-corrected chi connectivity index (χ0v) is 18.2. The molecular weight excluding hydrogens is 352 g/mol. The Morgan fingerprint density at radius 2 is 1.89 bits per heavy atom. The highest BCUT2D eigenvalue weighted by molar-refractivity contribution is 5.94. The van der Waals surface area contributed by atoms with Crippen molar-refractivity contribution in [3.05, 3.63) is 35.4 Å². The number of ether oxygens (including phenoxy) is 1. The minimum Gasteiger partial charge on any atom is -0.378 e. The first-order valence-corrected chi connectivity index (χ1v) is 10.5. The van der Waals surface area contributed by atoms with Crippen LogP contribution in [0.25, 0.3) is 0 Å². The standard InChI is InChI=1S/C22H38N4O2/c1-6-13-24-21(27)19-11-9-10-18(15-19)16-26-22(23-7-2)25-14-12-20(17(4)5)28-8-3/h9-11,15,17,20H,6-8,12-14,16H2,1-5H3,(H,24,27)(H2,23,25,26). The lowest BCUT2D eigenvalue weighted by Gasteiger charge is -2.21. The first-order valence-electron chi connectivity index (χ1n) is 10.5. The van der Waals surface area contributed by atoms with Crippen LogP contribution in [0.15, 0.2) is 29.3 Å². The molecule has 6 nitrogen and oxygen atoms in total. The van der Waals surface area contributed by atoms with E-state index in [1.54, 1.807) is 0 Å². The first-order chi connectivity index (χ1) is 13.5. The van der Waals surface area contributed by atoms with Crippen molar-refractivity contribution in [3.8, 4) is 0 Å². The Bertz CT molecular complexity index is 602. The average molecular weight is 391 g/mol. The molecule has 0 aliphatic rings. The second-order valence-electron chi connectivity index (χ2n) is 7.10. The zero-order chi connectivity index (χ0) is 20.8. The molecule has 1 amide bonds. The number of nitrogens with zero attached hydrogens (tertiary/aromatic N) is 1. The second kappa shape index (κ2) is 14.0. The predicted octanol–water partition coefficient (Wildman–Crippen LogP) is 3.33. The number of hydrogen-bond donors (Lipinski definition) is 3. The van der Waals surface area contributed by atoms with Gasteiger partial charge in [0.25, 0.3) is 5.91 Å². The molecule has 0 aliphatic carbocycles. The number of nitrogens with one attached hydrogen (secondary N) is 3. The number of benzene rings is 1. The Morgan fingerprint density at radius 1 is 1.11 bits per heavy atom. The van der Waals surface area contributed by atoms with Crippen LogP contribution in [0, 0.1) is 5.92 Å². The van der Waals surface area contributed by atoms with Crippen molar-refractivity contribution in [2.45, 2.75) is 60.1 Å². The maximum absolute atomic E-state index is 12.1. The van der Waals surface area contributed by atoms with Gasteiger partial charge in [0.15, 0.2) is 5.96 Å². The summed E-state index contributed by atoms with van der Waals surface area (Å²) < 4.78 is 5.80. The van der Waals surface area contributed by atoms with E-state index < -0.39 is 0 Å². The highest BCUT2D eigenvalue weighted by Gasteiger charge is 2.13. The molecule has 1 aromatic rings. The van der Waals surface area contributed by atoms with Gasteiger partial charge in [0, 0.05) is 31.8 Å². The summed E-state index contributed by atoms with van der Waals surface area (Å²) in [6.45, 7) is 14.0. The van der Waals surface area contributed by atoms with Crippen LogP contribution in [0.1, 0.15) is 63.4 Å². The number of carbonyl (C=O) groups excluding carboxylic acids is 1. The molecule has 1 unspecified atom stereocenters. The van der Waals surface area contributed by atoms with Gasteiger partial charge in [-0.05, 0) is 50.3 Å². The minimum atomic E-state index is -0.0339. The molecule has 0 bridgehead atoms. The Morgan fingerprint density at radius 3 is 2.54 bits per heavy atom. The fourth-order valence-corrected chi connectivity index (χ4v) is 2.82. The largest absolute Gasteiger partial charge is 0.378 e. The Labute approximate surface area is 170 Å². The predicted molar refractivity (Wildman–Crippen MR) is 117 cm³/mol. The second-order valence-corrected chi connectivity index (χ2v) is 7.10. The molecule has 0 heterocycles. The highest BCUT2D eigenvalue weighted by atomic mass is 16.5. The lowest BCUT2D eigenvalue weighted by Crippen LogP contribution is -2.39. The van der Waals surface area contributed by atoms with E-state index in [-0.39, 0.29) is 12.0 Å². The van der Waals surface area contributed by atoms with E-state index in [4.69, 9.17) is 4.74 Å². The van der Waals surface area contributed by atoms with Crippen LogP contribution in [0.4, 0.5) is 0 Å². The summed E-state index contributed by atoms with van der Waals surface area (Å²) in [5, 5.41) is 9.56. The molecule has 0 saturated carbocycles. The number of guanidine groups is 1. The molecule has 1 aromatic carbocycles. The summed E-state index contributed by atoms with van der Waals surface area (Å²) in [4.78, 5) is 16.8. The zero-order valence-electron chi connectivity index (χ0n) is 18.2. The Balaban J connectivity index is 2.65. The van der Waals surface area contributed by atoms with E-state index in [9.17, 15) is 4.79 Å². The van der Waals surface area contributed by atoms with Gasteiger partial charge in [-0.2, -0.15) is 0 Å². The fourth-order valence-electron chi connectivity index (χ4n) is 2.82. The van der Waals surface area contributed by atoms with E-state index in [0.717, 1.165) is 44.1 Å².